The molecule has 0 bridgehead atoms. The zero-order chi connectivity index (χ0) is 14.7. The van der Waals surface area contributed by atoms with Crippen LogP contribution in [0, 0.1) is 0 Å². The van der Waals surface area contributed by atoms with Gasteiger partial charge in [0.25, 0.3) is 0 Å². The minimum atomic E-state index is -0.0581. The van der Waals surface area contributed by atoms with Gasteiger partial charge in [-0.1, -0.05) is 17.3 Å². The summed E-state index contributed by atoms with van der Waals surface area (Å²) >= 11 is 0. The molecule has 0 radical (unpaired) electrons. The Bertz CT molecular complexity index is 594. The topological polar surface area (TPSA) is 89.9 Å². The van der Waals surface area contributed by atoms with Crippen LogP contribution >= 0.6 is 0 Å². The number of carbonyl (C=O) groups is 1. The highest BCUT2D eigenvalue weighted by Gasteiger charge is 2.32. The molecule has 0 N–H and O–H groups in total. The molecule has 112 valence electrons. The molecule has 0 spiro atoms. The molecule has 1 fully saturated rings. The zero-order valence-electron chi connectivity index (χ0n) is 12.0. The molecule has 1 saturated heterocycles. The molecular formula is C13H18N6O2. The summed E-state index contributed by atoms with van der Waals surface area (Å²) in [5, 5.41) is 11.6. The van der Waals surface area contributed by atoms with E-state index in [2.05, 4.69) is 20.5 Å². The van der Waals surface area contributed by atoms with Gasteiger partial charge in [-0.3, -0.25) is 9.48 Å². The van der Waals surface area contributed by atoms with E-state index < -0.39 is 0 Å². The number of rotatable bonds is 5. The summed E-state index contributed by atoms with van der Waals surface area (Å²) in [5.74, 6) is 1.33. The molecule has 3 heterocycles. The van der Waals surface area contributed by atoms with Gasteiger partial charge in [0.1, 0.15) is 0 Å². The third-order valence-electron chi connectivity index (χ3n) is 3.68. The quantitative estimate of drug-likeness (QED) is 0.815. The van der Waals surface area contributed by atoms with Crippen LogP contribution in [0.4, 0.5) is 0 Å². The van der Waals surface area contributed by atoms with Crippen molar-refractivity contribution in [3.8, 4) is 0 Å². The molecule has 1 aliphatic heterocycles. The predicted molar refractivity (Wildman–Crippen MR) is 72.0 cm³/mol. The van der Waals surface area contributed by atoms with Gasteiger partial charge in [-0.15, -0.1) is 5.10 Å². The van der Waals surface area contributed by atoms with E-state index in [1.165, 1.54) is 0 Å². The van der Waals surface area contributed by atoms with Crippen molar-refractivity contribution in [2.45, 2.75) is 45.2 Å². The van der Waals surface area contributed by atoms with Crippen molar-refractivity contribution >= 4 is 5.91 Å². The van der Waals surface area contributed by atoms with Crippen LogP contribution in [-0.2, 0) is 17.8 Å². The van der Waals surface area contributed by atoms with E-state index in [9.17, 15) is 4.79 Å². The largest absolute Gasteiger partial charge is 0.339 e. The Balaban J connectivity index is 1.64. The zero-order valence-corrected chi connectivity index (χ0v) is 12.0. The van der Waals surface area contributed by atoms with Crippen molar-refractivity contribution in [3.63, 3.8) is 0 Å². The molecule has 8 heteroatoms. The van der Waals surface area contributed by atoms with Crippen molar-refractivity contribution in [2.24, 2.45) is 0 Å². The fourth-order valence-corrected chi connectivity index (χ4v) is 2.59. The highest BCUT2D eigenvalue weighted by Crippen LogP contribution is 2.30. The van der Waals surface area contributed by atoms with Crippen LogP contribution in [0.1, 0.15) is 43.9 Å². The predicted octanol–water partition coefficient (Wildman–Crippen LogP) is 0.977. The number of likely N-dealkylation sites (tertiary alicyclic amines) is 1. The number of aromatic nitrogens is 5. The van der Waals surface area contributed by atoms with Gasteiger partial charge < -0.3 is 9.42 Å². The summed E-state index contributed by atoms with van der Waals surface area (Å²) in [6.07, 6.45) is 6.32. The van der Waals surface area contributed by atoms with Crippen molar-refractivity contribution < 1.29 is 9.32 Å². The average Bonchev–Trinajstić information content (AvgIpc) is 3.23. The average molecular weight is 290 g/mol. The van der Waals surface area contributed by atoms with Gasteiger partial charge >= 0.3 is 0 Å². The normalized spacial score (nSPS) is 18.3. The van der Waals surface area contributed by atoms with Gasteiger partial charge in [-0.25, -0.2) is 0 Å². The summed E-state index contributed by atoms with van der Waals surface area (Å²) in [5.41, 5.74) is 0. The van der Waals surface area contributed by atoms with Crippen LogP contribution in [0.15, 0.2) is 16.9 Å². The fourth-order valence-electron chi connectivity index (χ4n) is 2.59. The highest BCUT2D eigenvalue weighted by molar-refractivity contribution is 5.76. The van der Waals surface area contributed by atoms with Crippen molar-refractivity contribution in [1.29, 1.82) is 0 Å². The Morgan fingerprint density at radius 3 is 3.14 bits per heavy atom. The first-order chi connectivity index (χ1) is 10.3. The van der Waals surface area contributed by atoms with Crippen LogP contribution in [0.25, 0.3) is 0 Å². The summed E-state index contributed by atoms with van der Waals surface area (Å²) in [6.45, 7) is 3.25. The Hall–Kier alpha value is -2.25. The number of aryl methyl sites for hydroxylation is 2. The molecule has 1 aliphatic rings. The van der Waals surface area contributed by atoms with E-state index in [1.54, 1.807) is 17.1 Å². The van der Waals surface area contributed by atoms with E-state index in [1.807, 2.05) is 11.8 Å². The molecule has 1 amide bonds. The third-order valence-corrected chi connectivity index (χ3v) is 3.68. The molecule has 0 aliphatic carbocycles. The Morgan fingerprint density at radius 2 is 2.43 bits per heavy atom. The second-order valence-electron chi connectivity index (χ2n) is 5.06. The van der Waals surface area contributed by atoms with Gasteiger partial charge in [-0.2, -0.15) is 4.98 Å². The smallest absolute Gasteiger partial charge is 0.226 e. The number of hydrogen-bond acceptors (Lipinski definition) is 6. The van der Waals surface area contributed by atoms with E-state index in [0.29, 0.717) is 31.1 Å². The molecule has 1 atom stereocenters. The Labute approximate surface area is 122 Å². The molecule has 8 nitrogen and oxygen atoms in total. The summed E-state index contributed by atoms with van der Waals surface area (Å²) in [6, 6.07) is -0.0581. The van der Waals surface area contributed by atoms with E-state index in [-0.39, 0.29) is 11.9 Å². The first-order valence-corrected chi connectivity index (χ1v) is 7.24. The molecule has 0 aromatic carbocycles. The first-order valence-electron chi connectivity index (χ1n) is 7.24. The lowest BCUT2D eigenvalue weighted by Crippen LogP contribution is -2.31. The molecular weight excluding hydrogens is 272 g/mol. The number of amides is 1. The first kappa shape index (κ1) is 13.7. The van der Waals surface area contributed by atoms with Crippen molar-refractivity contribution in [3.05, 3.63) is 24.1 Å². The van der Waals surface area contributed by atoms with Crippen molar-refractivity contribution in [2.75, 3.05) is 6.54 Å². The SMILES string of the molecule is CCc1nc([C@H]2CCCN2C(=O)CCn2ccnn2)no1. The molecule has 2 aromatic heterocycles. The summed E-state index contributed by atoms with van der Waals surface area (Å²) < 4.78 is 6.81. The second kappa shape index (κ2) is 6.02. The van der Waals surface area contributed by atoms with Crippen LogP contribution in [0.2, 0.25) is 0 Å². The fraction of sp³-hybridized carbons (Fsp3) is 0.615. The minimum absolute atomic E-state index is 0.0581. The summed E-state index contributed by atoms with van der Waals surface area (Å²) in [4.78, 5) is 18.6. The lowest BCUT2D eigenvalue weighted by Gasteiger charge is -2.22. The maximum absolute atomic E-state index is 12.4. The standard InChI is InChI=1S/C13H18N6O2/c1-2-11-15-13(16-21-11)10-4-3-7-19(10)12(20)5-8-18-9-6-14-17-18/h6,9-10H,2-5,7-8H2,1H3/t10-/m1/s1. The lowest BCUT2D eigenvalue weighted by molar-refractivity contribution is -0.132. The summed E-state index contributed by atoms with van der Waals surface area (Å²) in [7, 11) is 0. The van der Waals surface area contributed by atoms with Crippen LogP contribution in [-0.4, -0.2) is 42.5 Å². The van der Waals surface area contributed by atoms with Gasteiger partial charge in [0.2, 0.25) is 11.8 Å². The lowest BCUT2D eigenvalue weighted by atomic mass is 10.2. The van der Waals surface area contributed by atoms with E-state index in [4.69, 9.17) is 4.52 Å². The Morgan fingerprint density at radius 1 is 1.52 bits per heavy atom. The van der Waals surface area contributed by atoms with E-state index >= 15 is 0 Å². The number of carbonyl (C=O) groups excluding carboxylic acids is 1. The molecule has 21 heavy (non-hydrogen) atoms. The minimum Gasteiger partial charge on any atom is -0.339 e. The maximum atomic E-state index is 12.4. The van der Waals surface area contributed by atoms with Gasteiger partial charge in [0, 0.05) is 25.6 Å². The van der Waals surface area contributed by atoms with Gasteiger partial charge in [0.05, 0.1) is 18.8 Å². The van der Waals surface area contributed by atoms with Gasteiger partial charge in [0.15, 0.2) is 5.82 Å². The molecule has 2 aromatic rings. The maximum Gasteiger partial charge on any atom is 0.226 e. The van der Waals surface area contributed by atoms with Crippen LogP contribution in [0.3, 0.4) is 0 Å². The number of hydrogen-bond donors (Lipinski definition) is 0. The molecule has 3 rings (SSSR count). The van der Waals surface area contributed by atoms with Gasteiger partial charge in [-0.05, 0) is 12.8 Å². The van der Waals surface area contributed by atoms with Crippen molar-refractivity contribution in [1.82, 2.24) is 30.0 Å². The molecule has 0 saturated carbocycles. The molecule has 0 unspecified atom stereocenters. The van der Waals surface area contributed by atoms with Crippen LogP contribution < -0.4 is 0 Å². The Kier molecular flexibility index (Phi) is 3.94. The van der Waals surface area contributed by atoms with E-state index in [0.717, 1.165) is 19.4 Å². The highest BCUT2D eigenvalue weighted by atomic mass is 16.5. The monoisotopic (exact) mass is 290 g/mol. The second-order valence-corrected chi connectivity index (χ2v) is 5.06. The number of nitrogens with zero attached hydrogens (tertiary/aromatic N) is 6. The van der Waals surface area contributed by atoms with Crippen LogP contribution in [0.5, 0.6) is 0 Å². The third kappa shape index (κ3) is 2.93.